The second-order valence-electron chi connectivity index (χ2n) is 6.21. The van der Waals surface area contributed by atoms with Crippen molar-refractivity contribution in [3.05, 3.63) is 29.8 Å². The van der Waals surface area contributed by atoms with Crippen molar-refractivity contribution in [1.29, 1.82) is 5.26 Å². The van der Waals surface area contributed by atoms with Gasteiger partial charge in [-0.1, -0.05) is 18.9 Å². The van der Waals surface area contributed by atoms with E-state index >= 15 is 0 Å². The second kappa shape index (κ2) is 5.46. The highest BCUT2D eigenvalue weighted by atomic mass is 16.5. The standard InChI is InChI=1S/C17H22N2O/c1-19(15-6-4-5-14(11-15)12-18)13-16-7-10-17(20-16)8-2-3-9-17/h4-6,11,16H,2-3,7-10,13H2,1H3. The number of rotatable bonds is 3. The van der Waals surface area contributed by atoms with Crippen LogP contribution < -0.4 is 4.90 Å². The molecule has 1 saturated carbocycles. The molecule has 1 heterocycles. The molecule has 0 bridgehead atoms. The molecule has 3 nitrogen and oxygen atoms in total. The molecule has 1 aliphatic heterocycles. The Hall–Kier alpha value is -1.53. The minimum absolute atomic E-state index is 0.208. The monoisotopic (exact) mass is 270 g/mol. The molecule has 1 aliphatic carbocycles. The van der Waals surface area contributed by atoms with Gasteiger partial charge in [0, 0.05) is 19.3 Å². The van der Waals surface area contributed by atoms with Gasteiger partial charge in [-0.25, -0.2) is 0 Å². The summed E-state index contributed by atoms with van der Waals surface area (Å²) in [5, 5.41) is 8.97. The van der Waals surface area contributed by atoms with Crippen molar-refractivity contribution in [2.45, 2.75) is 50.2 Å². The summed E-state index contributed by atoms with van der Waals surface area (Å²) in [6.45, 7) is 0.913. The highest BCUT2D eigenvalue weighted by Crippen LogP contribution is 2.43. The number of likely N-dealkylation sites (N-methyl/N-ethyl adjacent to an activating group) is 1. The molecule has 3 heteroatoms. The topological polar surface area (TPSA) is 36.3 Å². The number of anilines is 1. The fourth-order valence-corrected chi connectivity index (χ4v) is 3.63. The van der Waals surface area contributed by atoms with E-state index in [9.17, 15) is 0 Å². The molecule has 1 spiro atoms. The maximum absolute atomic E-state index is 8.97. The normalized spacial score (nSPS) is 23.9. The van der Waals surface area contributed by atoms with Crippen LogP contribution in [0.4, 0.5) is 5.69 Å². The lowest BCUT2D eigenvalue weighted by Crippen LogP contribution is -2.32. The Labute approximate surface area is 121 Å². The summed E-state index contributed by atoms with van der Waals surface area (Å²) in [6.07, 6.45) is 7.88. The first-order valence-corrected chi connectivity index (χ1v) is 7.60. The van der Waals surface area contributed by atoms with Crippen LogP contribution in [0, 0.1) is 11.3 Å². The van der Waals surface area contributed by atoms with Crippen LogP contribution in [0.15, 0.2) is 24.3 Å². The predicted octanol–water partition coefficient (Wildman–Crippen LogP) is 3.49. The lowest BCUT2D eigenvalue weighted by molar-refractivity contribution is -0.0324. The quantitative estimate of drug-likeness (QED) is 0.843. The van der Waals surface area contributed by atoms with Crippen LogP contribution in [0.25, 0.3) is 0 Å². The van der Waals surface area contributed by atoms with Gasteiger partial charge < -0.3 is 9.64 Å². The summed E-state index contributed by atoms with van der Waals surface area (Å²) in [6, 6.07) is 9.99. The fraction of sp³-hybridized carbons (Fsp3) is 0.588. The molecular weight excluding hydrogens is 248 g/mol. The minimum atomic E-state index is 0.208. The average Bonchev–Trinajstić information content (AvgIpc) is 3.09. The van der Waals surface area contributed by atoms with Crippen LogP contribution in [0.3, 0.4) is 0 Å². The summed E-state index contributed by atoms with van der Waals surface area (Å²) in [4.78, 5) is 2.21. The first-order chi connectivity index (χ1) is 9.71. The van der Waals surface area contributed by atoms with Crippen LogP contribution in [-0.4, -0.2) is 25.3 Å². The Morgan fingerprint density at radius 3 is 2.90 bits per heavy atom. The van der Waals surface area contributed by atoms with Crippen molar-refractivity contribution in [2.75, 3.05) is 18.5 Å². The minimum Gasteiger partial charge on any atom is -0.372 e. The van der Waals surface area contributed by atoms with Gasteiger partial charge in [0.25, 0.3) is 0 Å². The summed E-state index contributed by atoms with van der Waals surface area (Å²) in [5.41, 5.74) is 2.02. The van der Waals surface area contributed by atoms with E-state index in [1.165, 1.54) is 38.5 Å². The third-order valence-corrected chi connectivity index (χ3v) is 4.75. The Morgan fingerprint density at radius 1 is 1.35 bits per heavy atom. The third kappa shape index (κ3) is 2.66. The van der Waals surface area contributed by atoms with Gasteiger partial charge in [0.2, 0.25) is 0 Å². The number of hydrogen-bond donors (Lipinski definition) is 0. The Balaban J connectivity index is 1.62. The molecule has 0 N–H and O–H groups in total. The van der Waals surface area contributed by atoms with E-state index < -0.39 is 0 Å². The van der Waals surface area contributed by atoms with Crippen molar-refractivity contribution in [2.24, 2.45) is 0 Å². The molecule has 1 aromatic carbocycles. The second-order valence-corrected chi connectivity index (χ2v) is 6.21. The van der Waals surface area contributed by atoms with Gasteiger partial charge in [-0.15, -0.1) is 0 Å². The molecule has 1 saturated heterocycles. The van der Waals surface area contributed by atoms with Gasteiger partial charge in [0.15, 0.2) is 0 Å². The molecule has 1 atom stereocenters. The first kappa shape index (κ1) is 13.5. The van der Waals surface area contributed by atoms with Crippen LogP contribution >= 0.6 is 0 Å². The summed E-state index contributed by atoms with van der Waals surface area (Å²) in [5.74, 6) is 0. The fourth-order valence-electron chi connectivity index (χ4n) is 3.63. The van der Waals surface area contributed by atoms with E-state index in [0.717, 1.165) is 12.2 Å². The SMILES string of the molecule is CN(CC1CCC2(CCCC2)O1)c1cccc(C#N)c1. The van der Waals surface area contributed by atoms with E-state index in [1.54, 1.807) is 0 Å². The van der Waals surface area contributed by atoms with Gasteiger partial charge in [-0.05, 0) is 43.9 Å². The van der Waals surface area contributed by atoms with Crippen molar-refractivity contribution >= 4 is 5.69 Å². The zero-order valence-corrected chi connectivity index (χ0v) is 12.1. The molecule has 2 aliphatic rings. The summed E-state index contributed by atoms with van der Waals surface area (Å²) >= 11 is 0. The van der Waals surface area contributed by atoms with Crippen LogP contribution in [0.1, 0.15) is 44.1 Å². The maximum atomic E-state index is 8.97. The number of benzene rings is 1. The summed E-state index contributed by atoms with van der Waals surface area (Å²) in [7, 11) is 2.08. The van der Waals surface area contributed by atoms with Crippen molar-refractivity contribution < 1.29 is 4.74 Å². The van der Waals surface area contributed by atoms with E-state index in [2.05, 4.69) is 24.1 Å². The Bertz CT molecular complexity index is 514. The lowest BCUT2D eigenvalue weighted by atomic mass is 9.98. The molecule has 3 rings (SSSR count). The molecule has 2 fully saturated rings. The number of nitrogens with zero attached hydrogens (tertiary/aromatic N) is 2. The van der Waals surface area contributed by atoms with Crippen molar-refractivity contribution in [3.8, 4) is 6.07 Å². The molecular formula is C17H22N2O. The van der Waals surface area contributed by atoms with Gasteiger partial charge in [-0.3, -0.25) is 0 Å². The molecule has 106 valence electrons. The van der Waals surface area contributed by atoms with E-state index in [0.29, 0.717) is 11.7 Å². The predicted molar refractivity (Wildman–Crippen MR) is 79.7 cm³/mol. The first-order valence-electron chi connectivity index (χ1n) is 7.60. The molecule has 1 unspecified atom stereocenters. The molecule has 20 heavy (non-hydrogen) atoms. The highest BCUT2D eigenvalue weighted by Gasteiger charge is 2.42. The Morgan fingerprint density at radius 2 is 2.15 bits per heavy atom. The summed E-state index contributed by atoms with van der Waals surface area (Å²) < 4.78 is 6.35. The number of hydrogen-bond acceptors (Lipinski definition) is 3. The van der Waals surface area contributed by atoms with Gasteiger partial charge in [0.05, 0.1) is 23.3 Å². The van der Waals surface area contributed by atoms with Gasteiger partial charge >= 0.3 is 0 Å². The van der Waals surface area contributed by atoms with E-state index in [4.69, 9.17) is 10.00 Å². The molecule has 0 aromatic heterocycles. The zero-order valence-electron chi connectivity index (χ0n) is 12.1. The molecule has 1 aromatic rings. The van der Waals surface area contributed by atoms with Gasteiger partial charge in [0.1, 0.15) is 0 Å². The average molecular weight is 270 g/mol. The highest BCUT2D eigenvalue weighted by molar-refractivity contribution is 5.50. The van der Waals surface area contributed by atoms with E-state index in [-0.39, 0.29) is 5.60 Å². The van der Waals surface area contributed by atoms with Crippen LogP contribution in [-0.2, 0) is 4.74 Å². The lowest BCUT2D eigenvalue weighted by Gasteiger charge is -2.27. The molecule has 0 amide bonds. The number of nitriles is 1. The number of ether oxygens (including phenoxy) is 1. The van der Waals surface area contributed by atoms with Crippen LogP contribution in [0.5, 0.6) is 0 Å². The van der Waals surface area contributed by atoms with Crippen LogP contribution in [0.2, 0.25) is 0 Å². The molecule has 0 radical (unpaired) electrons. The largest absolute Gasteiger partial charge is 0.372 e. The maximum Gasteiger partial charge on any atom is 0.0992 e. The smallest absolute Gasteiger partial charge is 0.0992 e. The van der Waals surface area contributed by atoms with Crippen molar-refractivity contribution in [3.63, 3.8) is 0 Å². The van der Waals surface area contributed by atoms with Gasteiger partial charge in [-0.2, -0.15) is 5.26 Å². The van der Waals surface area contributed by atoms with Crippen molar-refractivity contribution in [1.82, 2.24) is 0 Å². The zero-order chi connectivity index (χ0) is 14.0. The Kier molecular flexibility index (Phi) is 3.67. The van der Waals surface area contributed by atoms with E-state index in [1.807, 2.05) is 18.2 Å². The third-order valence-electron chi connectivity index (χ3n) is 4.75.